The monoisotopic (exact) mass is 544 g/mol. The highest BCUT2D eigenvalue weighted by Crippen LogP contribution is 2.36. The zero-order valence-electron chi connectivity index (χ0n) is 22.4. The average Bonchev–Trinajstić information content (AvgIpc) is 2.99. The van der Waals surface area contributed by atoms with Gasteiger partial charge in [0, 0.05) is 29.4 Å². The Labute approximate surface area is 234 Å². The average molecular weight is 545 g/mol. The van der Waals surface area contributed by atoms with E-state index in [2.05, 4.69) is 41.9 Å². The summed E-state index contributed by atoms with van der Waals surface area (Å²) in [5.41, 5.74) is 2.78. The maximum absolute atomic E-state index is 11.3. The number of hydrogen-bond donors (Lipinski definition) is 0. The number of allylic oxidation sites excluding steroid dienone is 1. The number of carbonyl (C=O) groups excluding carboxylic acids is 3. The number of ether oxygens (including phenoxy) is 5. The SMILES string of the molecule is C=CC(=O)OCOc1ccc(C#Cc2ccc(C3CCC(/C=C/C(=O)OC)CC3)cc2)cc1OCOC(=O)C=C. The van der Waals surface area contributed by atoms with Crippen LogP contribution in [-0.4, -0.2) is 38.6 Å². The zero-order valence-corrected chi connectivity index (χ0v) is 22.4. The smallest absolute Gasteiger partial charge is 0.333 e. The zero-order chi connectivity index (χ0) is 28.7. The molecule has 0 atom stereocenters. The molecule has 1 fully saturated rings. The van der Waals surface area contributed by atoms with E-state index in [0.29, 0.717) is 17.4 Å². The molecule has 0 aliphatic heterocycles. The molecule has 0 saturated heterocycles. The predicted molar refractivity (Wildman–Crippen MR) is 148 cm³/mol. The van der Waals surface area contributed by atoms with Crippen molar-refractivity contribution in [2.24, 2.45) is 5.92 Å². The van der Waals surface area contributed by atoms with Gasteiger partial charge in [-0.2, -0.15) is 0 Å². The van der Waals surface area contributed by atoms with Crippen molar-refractivity contribution in [3.8, 4) is 23.3 Å². The van der Waals surface area contributed by atoms with Gasteiger partial charge in [-0.3, -0.25) is 0 Å². The fourth-order valence-corrected chi connectivity index (χ4v) is 4.15. The van der Waals surface area contributed by atoms with Crippen molar-refractivity contribution in [3.05, 3.63) is 96.6 Å². The highest BCUT2D eigenvalue weighted by Gasteiger charge is 2.21. The Hall–Kier alpha value is -4.77. The molecule has 2 aromatic carbocycles. The van der Waals surface area contributed by atoms with E-state index >= 15 is 0 Å². The van der Waals surface area contributed by atoms with Crippen LogP contribution in [0, 0.1) is 17.8 Å². The Balaban J connectivity index is 1.63. The molecule has 1 aliphatic rings. The van der Waals surface area contributed by atoms with Crippen LogP contribution in [0.3, 0.4) is 0 Å². The summed E-state index contributed by atoms with van der Waals surface area (Å²) in [4.78, 5) is 33.9. The Kier molecular flexibility index (Phi) is 11.6. The highest BCUT2D eigenvalue weighted by atomic mass is 16.7. The second kappa shape index (κ2) is 15.6. The largest absolute Gasteiger partial charge is 0.466 e. The molecule has 2 aromatic rings. The molecule has 0 amide bonds. The van der Waals surface area contributed by atoms with Crippen molar-refractivity contribution in [2.75, 3.05) is 20.7 Å². The molecule has 8 nitrogen and oxygen atoms in total. The summed E-state index contributed by atoms with van der Waals surface area (Å²) in [6, 6.07) is 13.2. The Morgan fingerprint density at radius 2 is 1.38 bits per heavy atom. The lowest BCUT2D eigenvalue weighted by atomic mass is 9.78. The minimum atomic E-state index is -0.634. The predicted octanol–water partition coefficient (Wildman–Crippen LogP) is 5.22. The van der Waals surface area contributed by atoms with E-state index in [4.69, 9.17) is 18.9 Å². The van der Waals surface area contributed by atoms with E-state index in [1.807, 2.05) is 18.2 Å². The van der Waals surface area contributed by atoms with Gasteiger partial charge in [-0.05, 0) is 73.4 Å². The van der Waals surface area contributed by atoms with Crippen molar-refractivity contribution < 1.29 is 38.1 Å². The molecule has 1 saturated carbocycles. The molecule has 1 aliphatic carbocycles. The first-order valence-electron chi connectivity index (χ1n) is 12.8. The Morgan fingerprint density at radius 3 is 1.98 bits per heavy atom. The first kappa shape index (κ1) is 29.8. The van der Waals surface area contributed by atoms with E-state index in [9.17, 15) is 14.4 Å². The summed E-state index contributed by atoms with van der Waals surface area (Å²) in [5, 5.41) is 0. The van der Waals surface area contributed by atoms with Crippen molar-refractivity contribution in [3.63, 3.8) is 0 Å². The van der Waals surface area contributed by atoms with E-state index in [1.165, 1.54) is 18.7 Å². The lowest BCUT2D eigenvalue weighted by molar-refractivity contribution is -0.146. The molecule has 0 N–H and O–H groups in total. The Morgan fingerprint density at radius 1 is 0.800 bits per heavy atom. The molecule has 0 spiro atoms. The summed E-state index contributed by atoms with van der Waals surface area (Å²) < 4.78 is 25.4. The third-order valence-electron chi connectivity index (χ3n) is 6.32. The number of benzene rings is 2. The molecule has 8 heteroatoms. The number of esters is 3. The molecule has 0 heterocycles. The van der Waals surface area contributed by atoms with Gasteiger partial charge in [0.1, 0.15) is 0 Å². The lowest BCUT2D eigenvalue weighted by Gasteiger charge is -2.27. The molecule has 0 radical (unpaired) electrons. The topological polar surface area (TPSA) is 97.4 Å². The highest BCUT2D eigenvalue weighted by molar-refractivity contribution is 5.82. The van der Waals surface area contributed by atoms with Crippen molar-refractivity contribution in [1.29, 1.82) is 0 Å². The molecule has 208 valence electrons. The van der Waals surface area contributed by atoms with Crippen LogP contribution in [-0.2, 0) is 28.6 Å². The summed E-state index contributed by atoms with van der Waals surface area (Å²) >= 11 is 0. The van der Waals surface area contributed by atoms with E-state index < -0.39 is 11.9 Å². The molecule has 0 bridgehead atoms. The fraction of sp³-hybridized carbons (Fsp3) is 0.281. The maximum atomic E-state index is 11.3. The maximum Gasteiger partial charge on any atom is 0.333 e. The van der Waals surface area contributed by atoms with Gasteiger partial charge < -0.3 is 23.7 Å². The second-order valence-electron chi connectivity index (χ2n) is 8.89. The van der Waals surface area contributed by atoms with Crippen LogP contribution in [0.2, 0.25) is 0 Å². The summed E-state index contributed by atoms with van der Waals surface area (Å²) in [6.45, 7) is 5.95. The number of hydrogen-bond acceptors (Lipinski definition) is 8. The summed E-state index contributed by atoms with van der Waals surface area (Å²) in [7, 11) is 1.38. The van der Waals surface area contributed by atoms with Crippen molar-refractivity contribution in [2.45, 2.75) is 31.6 Å². The third kappa shape index (κ3) is 9.52. The van der Waals surface area contributed by atoms with Crippen LogP contribution in [0.4, 0.5) is 0 Å². The number of rotatable bonds is 11. The molecule has 40 heavy (non-hydrogen) atoms. The molecule has 0 aromatic heterocycles. The van der Waals surface area contributed by atoms with Gasteiger partial charge >= 0.3 is 17.9 Å². The number of carbonyl (C=O) groups is 3. The van der Waals surface area contributed by atoms with Crippen LogP contribution >= 0.6 is 0 Å². The van der Waals surface area contributed by atoms with Crippen LogP contribution in [0.1, 0.15) is 48.3 Å². The number of methoxy groups -OCH3 is 1. The normalized spacial score (nSPS) is 16.1. The Bertz CT molecular complexity index is 1290. The fourth-order valence-electron chi connectivity index (χ4n) is 4.15. The van der Waals surface area contributed by atoms with Crippen LogP contribution in [0.15, 0.2) is 79.9 Å². The second-order valence-corrected chi connectivity index (χ2v) is 8.89. The van der Waals surface area contributed by atoms with Crippen molar-refractivity contribution in [1.82, 2.24) is 0 Å². The van der Waals surface area contributed by atoms with Gasteiger partial charge in [0.15, 0.2) is 11.5 Å². The van der Waals surface area contributed by atoms with Gasteiger partial charge in [0.25, 0.3) is 0 Å². The first-order chi connectivity index (χ1) is 19.4. The van der Waals surface area contributed by atoms with E-state index in [1.54, 1.807) is 18.2 Å². The molecular weight excluding hydrogens is 512 g/mol. The minimum absolute atomic E-state index is 0.255. The van der Waals surface area contributed by atoms with Crippen LogP contribution in [0.25, 0.3) is 0 Å². The van der Waals surface area contributed by atoms with E-state index in [0.717, 1.165) is 43.4 Å². The van der Waals surface area contributed by atoms with Gasteiger partial charge in [-0.1, -0.05) is 43.2 Å². The van der Waals surface area contributed by atoms with Crippen LogP contribution in [0.5, 0.6) is 11.5 Å². The summed E-state index contributed by atoms with van der Waals surface area (Å²) in [5.74, 6) is 6.09. The van der Waals surface area contributed by atoms with Gasteiger partial charge in [-0.25, -0.2) is 14.4 Å². The minimum Gasteiger partial charge on any atom is -0.466 e. The molecule has 3 rings (SSSR count). The van der Waals surface area contributed by atoms with Gasteiger partial charge in [0.05, 0.1) is 7.11 Å². The van der Waals surface area contributed by atoms with Gasteiger partial charge in [-0.15, -0.1) is 0 Å². The van der Waals surface area contributed by atoms with Crippen molar-refractivity contribution >= 4 is 17.9 Å². The third-order valence-corrected chi connectivity index (χ3v) is 6.32. The molecule has 0 unspecified atom stereocenters. The van der Waals surface area contributed by atoms with Crippen LogP contribution < -0.4 is 9.47 Å². The standard InChI is InChI=1S/C32H32O8/c1-4-30(33)39-21-37-28-18-12-25(20-29(28)38-22-40-31(34)5-2)7-6-23-8-14-26(15-9-23)27-16-10-24(11-17-27)13-19-32(35)36-3/h4-5,8-9,12-15,18-20,24,27H,1-2,10-11,16-17,21-22H2,3H3/b19-13+. The summed E-state index contributed by atoms with van der Waals surface area (Å²) in [6.07, 6.45) is 9.73. The molecular formula is C32H32O8. The first-order valence-corrected chi connectivity index (χ1v) is 12.8. The quantitative estimate of drug-likeness (QED) is 0.125. The van der Waals surface area contributed by atoms with Gasteiger partial charge in [0.2, 0.25) is 13.6 Å². The van der Waals surface area contributed by atoms with E-state index in [-0.39, 0.29) is 31.1 Å². The lowest BCUT2D eigenvalue weighted by Crippen LogP contribution is -2.12.